The van der Waals surface area contributed by atoms with Gasteiger partial charge >= 0.3 is 0 Å². The highest BCUT2D eigenvalue weighted by atomic mass is 32.2. The van der Waals surface area contributed by atoms with Gasteiger partial charge in [-0.3, -0.25) is 0 Å². The molecule has 1 aromatic rings. The van der Waals surface area contributed by atoms with E-state index in [2.05, 4.69) is 10.0 Å². The van der Waals surface area contributed by atoms with Gasteiger partial charge in [-0.05, 0) is 32.4 Å². The molecule has 0 saturated carbocycles. The second-order valence-electron chi connectivity index (χ2n) is 5.69. The van der Waals surface area contributed by atoms with E-state index in [9.17, 15) is 8.42 Å². The number of rotatable bonds is 8. The molecule has 0 aliphatic carbocycles. The van der Waals surface area contributed by atoms with Crippen LogP contribution in [-0.4, -0.2) is 26.1 Å². The number of nitrogens with zero attached hydrogens (tertiary/aromatic N) is 1. The molecule has 0 fully saturated rings. The predicted molar refractivity (Wildman–Crippen MR) is 82.2 cm³/mol. The Kier molecular flexibility index (Phi) is 6.23. The van der Waals surface area contributed by atoms with Crippen LogP contribution >= 0.6 is 0 Å². The Hall–Kier alpha value is -0.850. The first kappa shape index (κ1) is 17.2. The predicted octanol–water partition coefficient (Wildman–Crippen LogP) is 2.11. The monoisotopic (exact) mass is 301 g/mol. The van der Waals surface area contributed by atoms with Crippen LogP contribution in [0.5, 0.6) is 0 Å². The molecule has 5 nitrogen and oxygen atoms in total. The summed E-state index contributed by atoms with van der Waals surface area (Å²) in [5, 5.41) is 3.24. The maximum Gasteiger partial charge on any atom is 0.242 e. The molecule has 0 aromatic carbocycles. The molecule has 6 heteroatoms. The van der Waals surface area contributed by atoms with Gasteiger partial charge in [0.15, 0.2) is 0 Å². The van der Waals surface area contributed by atoms with Crippen molar-refractivity contribution in [3.63, 3.8) is 0 Å². The van der Waals surface area contributed by atoms with Crippen molar-refractivity contribution in [3.05, 3.63) is 18.0 Å². The van der Waals surface area contributed by atoms with Crippen molar-refractivity contribution in [1.29, 1.82) is 0 Å². The van der Waals surface area contributed by atoms with E-state index in [0.717, 1.165) is 12.2 Å². The van der Waals surface area contributed by atoms with Crippen LogP contribution in [0, 0.1) is 5.92 Å². The Morgan fingerprint density at radius 2 is 1.90 bits per heavy atom. The molecule has 1 heterocycles. The Balaban J connectivity index is 3.00. The molecule has 1 rings (SSSR count). The third kappa shape index (κ3) is 4.61. The molecule has 116 valence electrons. The van der Waals surface area contributed by atoms with Crippen LogP contribution in [0.2, 0.25) is 0 Å². The van der Waals surface area contributed by atoms with E-state index in [0.29, 0.717) is 18.0 Å². The van der Waals surface area contributed by atoms with E-state index in [4.69, 9.17) is 0 Å². The van der Waals surface area contributed by atoms with Gasteiger partial charge in [-0.25, -0.2) is 13.1 Å². The highest BCUT2D eigenvalue weighted by molar-refractivity contribution is 7.89. The van der Waals surface area contributed by atoms with Gasteiger partial charge in [0, 0.05) is 31.0 Å². The van der Waals surface area contributed by atoms with E-state index in [1.807, 2.05) is 39.2 Å². The summed E-state index contributed by atoms with van der Waals surface area (Å²) >= 11 is 0. The maximum atomic E-state index is 12.3. The molecule has 1 aromatic heterocycles. The molecule has 0 bridgehead atoms. The molecule has 0 amide bonds. The Morgan fingerprint density at radius 1 is 1.25 bits per heavy atom. The van der Waals surface area contributed by atoms with E-state index in [1.54, 1.807) is 12.3 Å². The fourth-order valence-corrected chi connectivity index (χ4v) is 3.14. The second-order valence-corrected chi connectivity index (χ2v) is 7.46. The topological polar surface area (TPSA) is 63.1 Å². The average Bonchev–Trinajstić information content (AvgIpc) is 2.79. The summed E-state index contributed by atoms with van der Waals surface area (Å²) in [4.78, 5) is 0.347. The highest BCUT2D eigenvalue weighted by Gasteiger charge is 2.19. The Labute approximate surface area is 122 Å². The zero-order chi connectivity index (χ0) is 15.3. The summed E-state index contributed by atoms with van der Waals surface area (Å²) in [5.41, 5.74) is 0.992. The fraction of sp³-hybridized carbons (Fsp3) is 0.714. The number of aromatic nitrogens is 1. The lowest BCUT2D eigenvalue weighted by molar-refractivity contribution is 0.551. The number of hydrogen-bond donors (Lipinski definition) is 2. The lowest BCUT2D eigenvalue weighted by atomic mass is 10.2. The van der Waals surface area contributed by atoms with E-state index in [-0.39, 0.29) is 12.0 Å². The summed E-state index contributed by atoms with van der Waals surface area (Å²) < 4.78 is 29.2. The van der Waals surface area contributed by atoms with Crippen molar-refractivity contribution < 1.29 is 8.42 Å². The molecular weight excluding hydrogens is 274 g/mol. The quantitative estimate of drug-likeness (QED) is 0.773. The molecule has 0 radical (unpaired) electrons. The van der Waals surface area contributed by atoms with Crippen LogP contribution in [-0.2, 0) is 16.6 Å². The Morgan fingerprint density at radius 3 is 2.40 bits per heavy atom. The van der Waals surface area contributed by atoms with Crippen molar-refractivity contribution in [2.24, 2.45) is 5.92 Å². The van der Waals surface area contributed by atoms with Gasteiger partial charge in [0.05, 0.1) is 4.90 Å². The summed E-state index contributed by atoms with van der Waals surface area (Å²) in [7, 11) is -3.41. The normalized spacial score (nSPS) is 12.6. The van der Waals surface area contributed by atoms with Gasteiger partial charge in [0.25, 0.3) is 0 Å². The third-order valence-corrected chi connectivity index (χ3v) is 4.40. The molecule has 0 aliphatic rings. The number of nitrogens with one attached hydrogen (secondary N) is 2. The number of sulfonamides is 1. The van der Waals surface area contributed by atoms with E-state index in [1.165, 1.54) is 0 Å². The highest BCUT2D eigenvalue weighted by Crippen LogP contribution is 2.19. The summed E-state index contributed by atoms with van der Waals surface area (Å²) in [6.07, 6.45) is 1.72. The van der Waals surface area contributed by atoms with Crippen LogP contribution in [0.15, 0.2) is 17.2 Å². The lowest BCUT2D eigenvalue weighted by Gasteiger charge is -2.12. The van der Waals surface area contributed by atoms with E-state index < -0.39 is 10.0 Å². The fourth-order valence-electron chi connectivity index (χ4n) is 1.88. The van der Waals surface area contributed by atoms with Gasteiger partial charge in [0.2, 0.25) is 10.0 Å². The minimum absolute atomic E-state index is 0.234. The van der Waals surface area contributed by atoms with Crippen molar-refractivity contribution in [2.45, 2.75) is 52.1 Å². The van der Waals surface area contributed by atoms with Crippen LogP contribution in [0.3, 0.4) is 0 Å². The molecule has 0 atom stereocenters. The summed E-state index contributed by atoms with van der Waals surface area (Å²) in [5.74, 6) is 0.290. The Bertz CT molecular complexity index is 519. The van der Waals surface area contributed by atoms with Crippen molar-refractivity contribution in [2.75, 3.05) is 13.1 Å². The van der Waals surface area contributed by atoms with Gasteiger partial charge in [-0.1, -0.05) is 20.8 Å². The van der Waals surface area contributed by atoms with Gasteiger partial charge in [-0.15, -0.1) is 0 Å². The van der Waals surface area contributed by atoms with Crippen LogP contribution in [0.25, 0.3) is 0 Å². The zero-order valence-electron chi connectivity index (χ0n) is 13.1. The number of hydrogen-bond acceptors (Lipinski definition) is 3. The standard InChI is InChI=1S/C14H27N3O2S/c1-6-15-9-13-7-14(10-17(13)12(4)5)20(18,19)16-8-11(2)3/h7,10-12,15-16H,6,8-9H2,1-5H3. The summed E-state index contributed by atoms with van der Waals surface area (Å²) in [6.45, 7) is 12.1. The molecule has 0 aliphatic heterocycles. The first-order chi connectivity index (χ1) is 9.27. The first-order valence-corrected chi connectivity index (χ1v) is 8.67. The molecule has 0 saturated heterocycles. The van der Waals surface area contributed by atoms with Crippen LogP contribution in [0.4, 0.5) is 0 Å². The van der Waals surface area contributed by atoms with Crippen LogP contribution in [0.1, 0.15) is 46.4 Å². The van der Waals surface area contributed by atoms with Crippen molar-refractivity contribution in [3.8, 4) is 0 Å². The van der Waals surface area contributed by atoms with Crippen molar-refractivity contribution in [1.82, 2.24) is 14.6 Å². The molecule has 20 heavy (non-hydrogen) atoms. The smallest absolute Gasteiger partial charge is 0.242 e. The minimum atomic E-state index is -3.41. The maximum absolute atomic E-state index is 12.3. The van der Waals surface area contributed by atoms with Crippen molar-refractivity contribution >= 4 is 10.0 Å². The van der Waals surface area contributed by atoms with Gasteiger partial charge in [0.1, 0.15) is 0 Å². The SMILES string of the molecule is CCNCc1cc(S(=O)(=O)NCC(C)C)cn1C(C)C. The summed E-state index contributed by atoms with van der Waals surface area (Å²) in [6, 6.07) is 1.99. The zero-order valence-corrected chi connectivity index (χ0v) is 13.9. The molecular formula is C14H27N3O2S. The third-order valence-electron chi connectivity index (χ3n) is 3.01. The molecule has 2 N–H and O–H groups in total. The van der Waals surface area contributed by atoms with Gasteiger partial charge in [-0.2, -0.15) is 0 Å². The lowest BCUT2D eigenvalue weighted by Crippen LogP contribution is -2.27. The first-order valence-electron chi connectivity index (χ1n) is 7.19. The average molecular weight is 301 g/mol. The molecule has 0 unspecified atom stereocenters. The van der Waals surface area contributed by atoms with E-state index >= 15 is 0 Å². The largest absolute Gasteiger partial charge is 0.346 e. The van der Waals surface area contributed by atoms with Gasteiger partial charge < -0.3 is 9.88 Å². The second kappa shape index (κ2) is 7.24. The van der Waals surface area contributed by atoms with Crippen LogP contribution < -0.4 is 10.0 Å². The molecule has 0 spiro atoms. The minimum Gasteiger partial charge on any atom is -0.346 e.